The van der Waals surface area contributed by atoms with Crippen molar-refractivity contribution < 1.29 is 9.52 Å². The number of phenols is 1. The lowest BCUT2D eigenvalue weighted by atomic mass is 10.1. The first kappa shape index (κ1) is 10.6. The van der Waals surface area contributed by atoms with Gasteiger partial charge in [0.05, 0.1) is 5.56 Å². The van der Waals surface area contributed by atoms with E-state index in [1.165, 1.54) is 0 Å². The SMILES string of the molecule is Oc1ccccc1-c1ccc(-c2ccccn2)o1. The van der Waals surface area contributed by atoms with Crippen LogP contribution in [0.5, 0.6) is 5.75 Å². The second-order valence-corrected chi connectivity index (χ2v) is 3.90. The van der Waals surface area contributed by atoms with Crippen LogP contribution in [0.4, 0.5) is 0 Å². The molecular weight excluding hydrogens is 226 g/mol. The Kier molecular flexibility index (Phi) is 2.57. The third kappa shape index (κ3) is 1.86. The Labute approximate surface area is 104 Å². The summed E-state index contributed by atoms with van der Waals surface area (Å²) in [4.78, 5) is 4.22. The van der Waals surface area contributed by atoms with Gasteiger partial charge in [0.1, 0.15) is 17.2 Å². The molecule has 3 heteroatoms. The van der Waals surface area contributed by atoms with Crippen LogP contribution in [0.3, 0.4) is 0 Å². The van der Waals surface area contributed by atoms with Gasteiger partial charge >= 0.3 is 0 Å². The van der Waals surface area contributed by atoms with Gasteiger partial charge in [0.15, 0.2) is 5.76 Å². The van der Waals surface area contributed by atoms with Crippen LogP contribution in [0.1, 0.15) is 0 Å². The molecule has 3 nitrogen and oxygen atoms in total. The Bertz CT molecular complexity index is 659. The number of hydrogen-bond donors (Lipinski definition) is 1. The molecule has 0 fully saturated rings. The van der Waals surface area contributed by atoms with Crippen LogP contribution in [0.25, 0.3) is 22.8 Å². The molecule has 0 radical (unpaired) electrons. The number of aromatic hydroxyl groups is 1. The summed E-state index contributed by atoms with van der Waals surface area (Å²) >= 11 is 0. The van der Waals surface area contributed by atoms with E-state index in [0.717, 1.165) is 5.69 Å². The summed E-state index contributed by atoms with van der Waals surface area (Å²) in [5.74, 6) is 1.53. The average Bonchev–Trinajstić information content (AvgIpc) is 2.90. The van der Waals surface area contributed by atoms with E-state index >= 15 is 0 Å². The molecule has 0 bridgehead atoms. The monoisotopic (exact) mass is 237 g/mol. The highest BCUT2D eigenvalue weighted by atomic mass is 16.3. The standard InChI is InChI=1S/C15H11NO2/c17-13-7-2-1-5-11(13)14-8-9-15(18-14)12-6-3-4-10-16-12/h1-10,17H. The fourth-order valence-corrected chi connectivity index (χ4v) is 1.81. The molecule has 1 aromatic carbocycles. The molecule has 0 aliphatic rings. The van der Waals surface area contributed by atoms with Gasteiger partial charge in [-0.15, -0.1) is 0 Å². The summed E-state index contributed by atoms with van der Waals surface area (Å²) in [6, 6.07) is 16.4. The number of benzene rings is 1. The van der Waals surface area contributed by atoms with E-state index in [1.807, 2.05) is 42.5 Å². The minimum atomic E-state index is 0.208. The molecule has 0 unspecified atom stereocenters. The maximum atomic E-state index is 9.77. The molecule has 18 heavy (non-hydrogen) atoms. The fraction of sp³-hybridized carbons (Fsp3) is 0. The van der Waals surface area contributed by atoms with Gasteiger partial charge in [-0.3, -0.25) is 4.98 Å². The van der Waals surface area contributed by atoms with Crippen molar-refractivity contribution in [2.75, 3.05) is 0 Å². The summed E-state index contributed by atoms with van der Waals surface area (Å²) < 4.78 is 5.71. The molecule has 0 saturated carbocycles. The second kappa shape index (κ2) is 4.37. The van der Waals surface area contributed by atoms with Gasteiger partial charge in [-0.05, 0) is 36.4 Å². The van der Waals surface area contributed by atoms with Crippen LogP contribution in [-0.4, -0.2) is 10.1 Å². The quantitative estimate of drug-likeness (QED) is 0.739. The number of aromatic nitrogens is 1. The highest BCUT2D eigenvalue weighted by Crippen LogP contribution is 2.32. The van der Waals surface area contributed by atoms with Crippen molar-refractivity contribution in [1.29, 1.82) is 0 Å². The molecule has 0 aliphatic carbocycles. The van der Waals surface area contributed by atoms with Gasteiger partial charge in [-0.1, -0.05) is 18.2 Å². The van der Waals surface area contributed by atoms with Gasteiger partial charge in [-0.25, -0.2) is 0 Å². The first-order valence-corrected chi connectivity index (χ1v) is 5.64. The van der Waals surface area contributed by atoms with Gasteiger partial charge < -0.3 is 9.52 Å². The maximum Gasteiger partial charge on any atom is 0.153 e. The van der Waals surface area contributed by atoms with Gasteiger partial charge in [-0.2, -0.15) is 0 Å². The van der Waals surface area contributed by atoms with Gasteiger partial charge in [0, 0.05) is 6.20 Å². The largest absolute Gasteiger partial charge is 0.507 e. The lowest BCUT2D eigenvalue weighted by molar-refractivity contribution is 0.474. The molecule has 3 aromatic rings. The molecule has 2 heterocycles. The van der Waals surface area contributed by atoms with Crippen molar-refractivity contribution in [2.45, 2.75) is 0 Å². The zero-order chi connectivity index (χ0) is 12.4. The number of pyridine rings is 1. The van der Waals surface area contributed by atoms with Crippen LogP contribution in [0.15, 0.2) is 65.2 Å². The Morgan fingerprint density at radius 2 is 1.61 bits per heavy atom. The fourth-order valence-electron chi connectivity index (χ4n) is 1.81. The van der Waals surface area contributed by atoms with E-state index in [4.69, 9.17) is 4.42 Å². The molecule has 0 saturated heterocycles. The molecule has 2 aromatic heterocycles. The van der Waals surface area contributed by atoms with Crippen molar-refractivity contribution >= 4 is 0 Å². The van der Waals surface area contributed by atoms with E-state index in [9.17, 15) is 5.11 Å². The molecule has 1 N–H and O–H groups in total. The number of phenolic OH excluding ortho intramolecular Hbond substituents is 1. The predicted molar refractivity (Wildman–Crippen MR) is 69.0 cm³/mol. The van der Waals surface area contributed by atoms with Gasteiger partial charge in [0.25, 0.3) is 0 Å². The maximum absolute atomic E-state index is 9.77. The minimum Gasteiger partial charge on any atom is -0.507 e. The molecule has 0 aliphatic heterocycles. The van der Waals surface area contributed by atoms with E-state index in [1.54, 1.807) is 18.3 Å². The summed E-state index contributed by atoms with van der Waals surface area (Å²) in [6.07, 6.45) is 1.72. The Morgan fingerprint density at radius 1 is 0.833 bits per heavy atom. The lowest BCUT2D eigenvalue weighted by Crippen LogP contribution is -1.78. The lowest BCUT2D eigenvalue weighted by Gasteiger charge is -2.00. The van der Waals surface area contributed by atoms with E-state index < -0.39 is 0 Å². The first-order valence-electron chi connectivity index (χ1n) is 5.64. The zero-order valence-electron chi connectivity index (χ0n) is 9.58. The minimum absolute atomic E-state index is 0.208. The molecule has 0 atom stereocenters. The van der Waals surface area contributed by atoms with Crippen LogP contribution in [0.2, 0.25) is 0 Å². The second-order valence-electron chi connectivity index (χ2n) is 3.90. The van der Waals surface area contributed by atoms with Crippen molar-refractivity contribution in [3.63, 3.8) is 0 Å². The smallest absolute Gasteiger partial charge is 0.153 e. The molecule has 0 amide bonds. The van der Waals surface area contributed by atoms with Crippen LogP contribution >= 0.6 is 0 Å². The van der Waals surface area contributed by atoms with Crippen LogP contribution < -0.4 is 0 Å². The predicted octanol–water partition coefficient (Wildman–Crippen LogP) is 3.71. The Hall–Kier alpha value is -2.55. The zero-order valence-corrected chi connectivity index (χ0v) is 9.58. The number of para-hydroxylation sites is 1. The number of hydrogen-bond acceptors (Lipinski definition) is 3. The Balaban J connectivity index is 2.03. The number of furan rings is 1. The summed E-state index contributed by atoms with van der Waals surface area (Å²) in [5, 5.41) is 9.77. The average molecular weight is 237 g/mol. The van der Waals surface area contributed by atoms with E-state index in [2.05, 4.69) is 4.98 Å². The van der Waals surface area contributed by atoms with Crippen LogP contribution in [0, 0.1) is 0 Å². The van der Waals surface area contributed by atoms with Crippen molar-refractivity contribution in [3.05, 3.63) is 60.8 Å². The van der Waals surface area contributed by atoms with E-state index in [0.29, 0.717) is 17.1 Å². The van der Waals surface area contributed by atoms with Crippen molar-refractivity contribution in [3.8, 4) is 28.5 Å². The van der Waals surface area contributed by atoms with E-state index in [-0.39, 0.29) is 5.75 Å². The molecular formula is C15H11NO2. The summed E-state index contributed by atoms with van der Waals surface area (Å²) in [5.41, 5.74) is 1.46. The van der Waals surface area contributed by atoms with Crippen molar-refractivity contribution in [1.82, 2.24) is 4.98 Å². The highest BCUT2D eigenvalue weighted by Gasteiger charge is 2.09. The third-order valence-electron chi connectivity index (χ3n) is 2.69. The summed E-state index contributed by atoms with van der Waals surface area (Å²) in [6.45, 7) is 0. The normalized spacial score (nSPS) is 10.4. The van der Waals surface area contributed by atoms with Gasteiger partial charge in [0.2, 0.25) is 0 Å². The highest BCUT2D eigenvalue weighted by molar-refractivity contribution is 5.68. The third-order valence-corrected chi connectivity index (χ3v) is 2.69. The first-order chi connectivity index (χ1) is 8.84. The molecule has 88 valence electrons. The number of nitrogens with zero attached hydrogens (tertiary/aromatic N) is 1. The number of rotatable bonds is 2. The van der Waals surface area contributed by atoms with Crippen LogP contribution in [-0.2, 0) is 0 Å². The van der Waals surface area contributed by atoms with Crippen molar-refractivity contribution in [2.24, 2.45) is 0 Å². The molecule has 0 spiro atoms. The Morgan fingerprint density at radius 3 is 2.39 bits per heavy atom. The topological polar surface area (TPSA) is 46.3 Å². The summed E-state index contributed by atoms with van der Waals surface area (Å²) in [7, 11) is 0. The molecule has 3 rings (SSSR count).